The van der Waals surface area contributed by atoms with Crippen LogP contribution in [0.5, 0.6) is 5.75 Å². The topological polar surface area (TPSA) is 74.2 Å². The molecule has 0 bridgehead atoms. The first-order valence-corrected chi connectivity index (χ1v) is 6.37. The summed E-state index contributed by atoms with van der Waals surface area (Å²) in [5.74, 6) is -0.345. The van der Waals surface area contributed by atoms with Crippen molar-refractivity contribution >= 4 is 40.7 Å². The molecule has 0 saturated heterocycles. The average molecular weight is 308 g/mol. The normalized spacial score (nSPS) is 9.85. The Labute approximate surface area is 125 Å². The molecule has 0 atom stereocenters. The molecule has 0 aliphatic heterocycles. The number of carbonyl (C=O) groups is 1. The molecule has 1 heterocycles. The molecule has 0 unspecified atom stereocenters. The maximum atomic E-state index is 11.9. The minimum Gasteiger partial charge on any atom is -0.504 e. The molecule has 2 aromatic rings. The van der Waals surface area contributed by atoms with E-state index in [1.54, 1.807) is 30.3 Å². The number of benzene rings is 1. The van der Waals surface area contributed by atoms with Gasteiger partial charge in [-0.25, -0.2) is 4.98 Å². The molecule has 1 amide bonds. The lowest BCUT2D eigenvalue weighted by Crippen LogP contribution is -2.34. The molecule has 2 rings (SSSR count). The molecule has 3 N–H and O–H groups in total. The van der Waals surface area contributed by atoms with Crippen LogP contribution < -0.4 is 10.6 Å². The summed E-state index contributed by atoms with van der Waals surface area (Å²) in [6.07, 6.45) is 1.49. The zero-order valence-electron chi connectivity index (χ0n) is 10.1. The Kier molecular flexibility index (Phi) is 4.49. The molecule has 0 fully saturated rings. The minimum atomic E-state index is -0.441. The molecule has 0 spiro atoms. The van der Waals surface area contributed by atoms with Gasteiger partial charge in [-0.05, 0) is 36.5 Å². The molecule has 1 aromatic heterocycles. The number of aromatic hydroxyl groups is 1. The van der Waals surface area contributed by atoms with Crippen LogP contribution in [0.15, 0.2) is 42.6 Å². The minimum absolute atomic E-state index is 0.0175. The second kappa shape index (κ2) is 6.31. The Balaban J connectivity index is 2.04. The fourth-order valence-corrected chi connectivity index (χ4v) is 1.86. The molecule has 0 aliphatic rings. The number of aromatic nitrogens is 1. The van der Waals surface area contributed by atoms with Crippen LogP contribution >= 0.6 is 23.8 Å². The van der Waals surface area contributed by atoms with Gasteiger partial charge in [0.15, 0.2) is 16.7 Å². The van der Waals surface area contributed by atoms with E-state index in [4.69, 9.17) is 23.8 Å². The number of thiocarbonyl (C=S) groups is 1. The van der Waals surface area contributed by atoms with Gasteiger partial charge in [0, 0.05) is 6.20 Å². The SMILES string of the molecule is O=C(NC(=S)Nc1ncccc1O)c1ccccc1Cl. The number of anilines is 1. The molecule has 20 heavy (non-hydrogen) atoms. The van der Waals surface area contributed by atoms with Crippen molar-refractivity contribution < 1.29 is 9.90 Å². The summed E-state index contributed by atoms with van der Waals surface area (Å²) in [5.41, 5.74) is 0.309. The summed E-state index contributed by atoms with van der Waals surface area (Å²) < 4.78 is 0. The van der Waals surface area contributed by atoms with Gasteiger partial charge in [0.05, 0.1) is 10.6 Å². The van der Waals surface area contributed by atoms with Crippen LogP contribution in [0.1, 0.15) is 10.4 Å². The van der Waals surface area contributed by atoms with Gasteiger partial charge in [-0.15, -0.1) is 0 Å². The fourth-order valence-electron chi connectivity index (χ4n) is 1.45. The molecule has 102 valence electrons. The maximum Gasteiger partial charge on any atom is 0.258 e. The van der Waals surface area contributed by atoms with Gasteiger partial charge in [-0.1, -0.05) is 23.7 Å². The Bertz CT molecular complexity index is 664. The van der Waals surface area contributed by atoms with Crippen LogP contribution in [0.4, 0.5) is 5.82 Å². The van der Waals surface area contributed by atoms with Crippen molar-refractivity contribution in [2.75, 3.05) is 5.32 Å². The Morgan fingerprint density at radius 2 is 2.00 bits per heavy atom. The van der Waals surface area contributed by atoms with Crippen molar-refractivity contribution in [2.24, 2.45) is 0 Å². The fraction of sp³-hybridized carbons (Fsp3) is 0. The first-order chi connectivity index (χ1) is 9.58. The van der Waals surface area contributed by atoms with E-state index in [9.17, 15) is 9.90 Å². The second-order valence-corrected chi connectivity index (χ2v) is 4.57. The Morgan fingerprint density at radius 1 is 1.25 bits per heavy atom. The number of carbonyl (C=O) groups excluding carboxylic acids is 1. The highest BCUT2D eigenvalue weighted by Gasteiger charge is 2.12. The first kappa shape index (κ1) is 14.2. The monoisotopic (exact) mass is 307 g/mol. The zero-order valence-corrected chi connectivity index (χ0v) is 11.7. The third kappa shape index (κ3) is 3.43. The number of hydrogen-bond acceptors (Lipinski definition) is 4. The number of hydrogen-bond donors (Lipinski definition) is 3. The Hall–Kier alpha value is -2.18. The molecule has 0 saturated carbocycles. The van der Waals surface area contributed by atoms with Crippen molar-refractivity contribution in [3.63, 3.8) is 0 Å². The smallest absolute Gasteiger partial charge is 0.258 e. The molecular formula is C13H10ClN3O2S. The van der Waals surface area contributed by atoms with E-state index in [0.29, 0.717) is 10.6 Å². The van der Waals surface area contributed by atoms with E-state index in [2.05, 4.69) is 15.6 Å². The van der Waals surface area contributed by atoms with Crippen LogP contribution in [-0.2, 0) is 0 Å². The van der Waals surface area contributed by atoms with E-state index in [0.717, 1.165) is 0 Å². The highest BCUT2D eigenvalue weighted by molar-refractivity contribution is 7.80. The van der Waals surface area contributed by atoms with Crippen molar-refractivity contribution in [2.45, 2.75) is 0 Å². The van der Waals surface area contributed by atoms with Crippen LogP contribution in [0.2, 0.25) is 5.02 Å². The lowest BCUT2D eigenvalue weighted by atomic mass is 10.2. The lowest BCUT2D eigenvalue weighted by Gasteiger charge is -2.10. The van der Waals surface area contributed by atoms with Crippen LogP contribution in [0.25, 0.3) is 0 Å². The molecule has 5 nitrogen and oxygen atoms in total. The van der Waals surface area contributed by atoms with Crippen molar-refractivity contribution in [1.82, 2.24) is 10.3 Å². The van der Waals surface area contributed by atoms with E-state index in [1.165, 1.54) is 12.3 Å². The van der Waals surface area contributed by atoms with E-state index >= 15 is 0 Å². The highest BCUT2D eigenvalue weighted by Crippen LogP contribution is 2.18. The van der Waals surface area contributed by atoms with Crippen LogP contribution in [-0.4, -0.2) is 21.1 Å². The van der Waals surface area contributed by atoms with Crippen molar-refractivity contribution in [3.8, 4) is 5.75 Å². The number of amides is 1. The molecule has 7 heteroatoms. The number of halogens is 1. The summed E-state index contributed by atoms with van der Waals surface area (Å²) in [7, 11) is 0. The van der Waals surface area contributed by atoms with Gasteiger partial charge >= 0.3 is 0 Å². The molecule has 1 aromatic carbocycles. The number of nitrogens with zero attached hydrogens (tertiary/aromatic N) is 1. The van der Waals surface area contributed by atoms with Gasteiger partial charge in [0.25, 0.3) is 5.91 Å². The predicted octanol–water partition coefficient (Wildman–Crippen LogP) is 2.57. The maximum absolute atomic E-state index is 11.9. The standard InChI is InChI=1S/C13H10ClN3O2S/c14-9-5-2-1-4-8(9)12(19)17-13(20)16-11-10(18)6-3-7-15-11/h1-7,18H,(H2,15,16,17,19,20). The largest absolute Gasteiger partial charge is 0.504 e. The molecule has 0 radical (unpaired) electrons. The van der Waals surface area contributed by atoms with Gasteiger partial charge < -0.3 is 10.4 Å². The molecule has 0 aliphatic carbocycles. The Morgan fingerprint density at radius 3 is 2.70 bits per heavy atom. The van der Waals surface area contributed by atoms with E-state index in [1.807, 2.05) is 0 Å². The van der Waals surface area contributed by atoms with Gasteiger partial charge in [0.2, 0.25) is 0 Å². The lowest BCUT2D eigenvalue weighted by molar-refractivity contribution is 0.0978. The third-order valence-corrected chi connectivity index (χ3v) is 2.90. The number of pyridine rings is 1. The van der Waals surface area contributed by atoms with Crippen molar-refractivity contribution in [1.29, 1.82) is 0 Å². The number of nitrogens with one attached hydrogen (secondary N) is 2. The van der Waals surface area contributed by atoms with Crippen LogP contribution in [0.3, 0.4) is 0 Å². The van der Waals surface area contributed by atoms with Gasteiger partial charge in [0.1, 0.15) is 0 Å². The second-order valence-electron chi connectivity index (χ2n) is 3.76. The highest BCUT2D eigenvalue weighted by atomic mass is 35.5. The quantitative estimate of drug-likeness (QED) is 0.744. The first-order valence-electron chi connectivity index (χ1n) is 5.59. The average Bonchev–Trinajstić information content (AvgIpc) is 2.41. The van der Waals surface area contributed by atoms with E-state index in [-0.39, 0.29) is 16.7 Å². The van der Waals surface area contributed by atoms with Gasteiger partial charge in [-0.2, -0.15) is 0 Å². The zero-order chi connectivity index (χ0) is 14.5. The number of rotatable bonds is 2. The summed E-state index contributed by atoms with van der Waals surface area (Å²) in [4.78, 5) is 15.8. The summed E-state index contributed by atoms with van der Waals surface area (Å²) in [6, 6.07) is 9.64. The van der Waals surface area contributed by atoms with Crippen LogP contribution in [0, 0.1) is 0 Å². The molecular weight excluding hydrogens is 298 g/mol. The predicted molar refractivity (Wildman–Crippen MR) is 81.0 cm³/mol. The van der Waals surface area contributed by atoms with Crippen molar-refractivity contribution in [3.05, 3.63) is 53.2 Å². The summed E-state index contributed by atoms with van der Waals surface area (Å²) in [5, 5.41) is 15.0. The summed E-state index contributed by atoms with van der Waals surface area (Å²) in [6.45, 7) is 0. The third-order valence-electron chi connectivity index (χ3n) is 2.36. The summed E-state index contributed by atoms with van der Waals surface area (Å²) >= 11 is 10.9. The van der Waals surface area contributed by atoms with E-state index < -0.39 is 5.91 Å². The van der Waals surface area contributed by atoms with Gasteiger partial charge in [-0.3, -0.25) is 10.1 Å².